The summed E-state index contributed by atoms with van der Waals surface area (Å²) in [5.41, 5.74) is 0. The summed E-state index contributed by atoms with van der Waals surface area (Å²) in [7, 11) is 0. The van der Waals surface area contributed by atoms with E-state index < -0.39 is 86.7 Å². The van der Waals surface area contributed by atoms with Crippen molar-refractivity contribution in [1.82, 2.24) is 0 Å². The molecule has 358 valence electrons. The van der Waals surface area contributed by atoms with Crippen molar-refractivity contribution in [2.24, 2.45) is 0 Å². The van der Waals surface area contributed by atoms with Gasteiger partial charge in [0.1, 0.15) is 54.9 Å². The summed E-state index contributed by atoms with van der Waals surface area (Å²) in [6.07, 6.45) is 24.5. The summed E-state index contributed by atoms with van der Waals surface area (Å²) in [4.78, 5) is 12.9. The van der Waals surface area contributed by atoms with Crippen molar-refractivity contribution in [3.8, 4) is 0 Å². The lowest BCUT2D eigenvalue weighted by Crippen LogP contribution is -2.61. The second-order valence-corrected chi connectivity index (χ2v) is 16.2. The summed E-state index contributed by atoms with van der Waals surface area (Å²) in [5, 5.41) is 71.9. The van der Waals surface area contributed by atoms with Gasteiger partial charge in [0.25, 0.3) is 0 Å². The van der Waals surface area contributed by atoms with E-state index in [-0.39, 0.29) is 19.6 Å². The molecule has 62 heavy (non-hydrogen) atoms. The zero-order chi connectivity index (χ0) is 45.2. The van der Waals surface area contributed by atoms with Gasteiger partial charge in [-0.05, 0) is 44.9 Å². The normalized spacial score (nSPS) is 27.8. The van der Waals surface area contributed by atoms with E-state index in [2.05, 4.69) is 68.5 Å². The van der Waals surface area contributed by atoms with Gasteiger partial charge >= 0.3 is 5.97 Å². The van der Waals surface area contributed by atoms with Crippen LogP contribution in [0.3, 0.4) is 0 Å². The van der Waals surface area contributed by atoms with Crippen LogP contribution < -0.4 is 0 Å². The smallest absolute Gasteiger partial charge is 0.306 e. The lowest BCUT2D eigenvalue weighted by atomic mass is 9.98. The van der Waals surface area contributed by atoms with E-state index in [1.165, 1.54) is 51.4 Å². The second kappa shape index (κ2) is 36.0. The van der Waals surface area contributed by atoms with Gasteiger partial charge < -0.3 is 64.2 Å². The Labute approximate surface area is 371 Å². The number of hydrogen-bond acceptors (Lipinski definition) is 14. The molecule has 0 aromatic carbocycles. The first-order valence-corrected chi connectivity index (χ1v) is 23.4. The molecule has 2 aliphatic heterocycles. The van der Waals surface area contributed by atoms with Crippen LogP contribution >= 0.6 is 0 Å². The van der Waals surface area contributed by atoms with Crippen molar-refractivity contribution in [1.29, 1.82) is 0 Å². The third-order valence-electron chi connectivity index (χ3n) is 10.8. The van der Waals surface area contributed by atoms with Crippen molar-refractivity contribution in [2.75, 3.05) is 33.0 Å². The van der Waals surface area contributed by atoms with Gasteiger partial charge in [0, 0.05) is 6.42 Å². The molecule has 0 radical (unpaired) electrons. The van der Waals surface area contributed by atoms with Gasteiger partial charge in [-0.2, -0.15) is 0 Å². The highest BCUT2D eigenvalue weighted by atomic mass is 16.7. The Balaban J connectivity index is 1.84. The Morgan fingerprint density at radius 3 is 1.55 bits per heavy atom. The minimum absolute atomic E-state index is 0.00648. The molecule has 2 saturated heterocycles. The van der Waals surface area contributed by atoms with Crippen LogP contribution in [0.15, 0.2) is 60.8 Å². The van der Waals surface area contributed by atoms with Crippen LogP contribution in [0, 0.1) is 0 Å². The minimum Gasteiger partial charge on any atom is -0.457 e. The van der Waals surface area contributed by atoms with E-state index in [4.69, 9.17) is 28.4 Å². The Bertz CT molecular complexity index is 1250. The molecule has 2 rings (SSSR count). The molecular formula is C48H82O14. The van der Waals surface area contributed by atoms with E-state index in [9.17, 15) is 40.5 Å². The number of carbonyl (C=O) groups excluding carboxylic acids is 1. The molecule has 7 N–H and O–H groups in total. The number of unbranched alkanes of at least 4 members (excludes halogenated alkanes) is 11. The average molecular weight is 883 g/mol. The minimum atomic E-state index is -1.72. The quantitative estimate of drug-likeness (QED) is 0.0228. The fraction of sp³-hybridized carbons (Fsp3) is 0.771. The van der Waals surface area contributed by atoms with Crippen molar-refractivity contribution in [3.63, 3.8) is 0 Å². The standard InChI is InChI=1S/C48H82O14/c1-3-5-7-9-11-13-15-17-18-19-20-22-24-26-28-30-32-57-34-37(60-40(50)31-29-27-25-23-21-16-14-12-10-8-6-4-2)35-58-47-46(56)44(54)42(52)39(62-47)36-59-48-45(55)43(53)41(51)38(33-49)61-48/h5,7,11,13,17-18,20,22,26,28,37-39,41-49,51-56H,3-4,6,8-10,12,14-16,19,21,23-25,27,29-36H2,1-2H3/b7-5-,13-11-,18-17-,22-20-,28-26-. The Hall–Kier alpha value is -2.31. The zero-order valence-electron chi connectivity index (χ0n) is 37.6. The van der Waals surface area contributed by atoms with E-state index in [1.54, 1.807) is 0 Å². The molecule has 11 unspecified atom stereocenters. The number of aliphatic hydroxyl groups excluding tert-OH is 7. The highest BCUT2D eigenvalue weighted by molar-refractivity contribution is 5.69. The molecule has 2 aliphatic rings. The molecule has 14 nitrogen and oxygen atoms in total. The highest BCUT2D eigenvalue weighted by Crippen LogP contribution is 2.26. The van der Waals surface area contributed by atoms with Crippen molar-refractivity contribution in [2.45, 2.75) is 203 Å². The van der Waals surface area contributed by atoms with Gasteiger partial charge in [-0.1, -0.05) is 145 Å². The lowest BCUT2D eigenvalue weighted by Gasteiger charge is -2.42. The highest BCUT2D eigenvalue weighted by Gasteiger charge is 2.47. The zero-order valence-corrected chi connectivity index (χ0v) is 37.6. The van der Waals surface area contributed by atoms with Gasteiger partial charge in [-0.25, -0.2) is 0 Å². The maximum absolute atomic E-state index is 12.9. The molecule has 0 amide bonds. The molecule has 0 aromatic rings. The SMILES string of the molecule is CC/C=C\C/C=C\C/C=C\C/C=C\C/C=C\CCOCC(COC1OC(COC2OC(CO)C(O)C(O)C2O)C(O)C(O)C1O)OC(=O)CCCCCCCCCCCCCC. The average Bonchev–Trinajstić information content (AvgIpc) is 3.27. The fourth-order valence-electron chi connectivity index (χ4n) is 6.99. The summed E-state index contributed by atoms with van der Waals surface area (Å²) < 4.78 is 34.0. The molecular weight excluding hydrogens is 801 g/mol. The summed E-state index contributed by atoms with van der Waals surface area (Å²) >= 11 is 0. The third-order valence-corrected chi connectivity index (χ3v) is 10.8. The van der Waals surface area contributed by atoms with E-state index >= 15 is 0 Å². The predicted molar refractivity (Wildman–Crippen MR) is 238 cm³/mol. The number of carbonyl (C=O) groups is 1. The summed E-state index contributed by atoms with van der Waals surface area (Å²) in [6.45, 7) is 3.32. The van der Waals surface area contributed by atoms with Gasteiger partial charge in [-0.3, -0.25) is 4.79 Å². The van der Waals surface area contributed by atoms with Crippen LogP contribution in [0.1, 0.15) is 136 Å². The van der Waals surface area contributed by atoms with Crippen LogP contribution in [0.4, 0.5) is 0 Å². The van der Waals surface area contributed by atoms with E-state index in [0.29, 0.717) is 19.4 Å². The van der Waals surface area contributed by atoms with Crippen LogP contribution in [0.2, 0.25) is 0 Å². The number of rotatable bonds is 35. The first-order chi connectivity index (χ1) is 30.1. The number of aliphatic hydroxyl groups is 7. The van der Waals surface area contributed by atoms with Crippen LogP contribution in [0.25, 0.3) is 0 Å². The van der Waals surface area contributed by atoms with Crippen LogP contribution in [-0.2, 0) is 33.2 Å². The van der Waals surface area contributed by atoms with Gasteiger partial charge in [0.05, 0.1) is 33.0 Å². The Morgan fingerprint density at radius 2 is 1.02 bits per heavy atom. The number of allylic oxidation sites excluding steroid dienone is 9. The first-order valence-electron chi connectivity index (χ1n) is 23.4. The van der Waals surface area contributed by atoms with E-state index in [1.807, 2.05) is 6.08 Å². The molecule has 0 bridgehead atoms. The maximum Gasteiger partial charge on any atom is 0.306 e. The van der Waals surface area contributed by atoms with Crippen molar-refractivity contribution < 1.29 is 69.0 Å². The van der Waals surface area contributed by atoms with Gasteiger partial charge in [0.15, 0.2) is 12.6 Å². The number of esters is 1. The van der Waals surface area contributed by atoms with Gasteiger partial charge in [-0.15, -0.1) is 0 Å². The molecule has 11 atom stereocenters. The molecule has 0 saturated carbocycles. The molecule has 2 fully saturated rings. The monoisotopic (exact) mass is 883 g/mol. The maximum atomic E-state index is 12.9. The molecule has 0 spiro atoms. The Morgan fingerprint density at radius 1 is 0.548 bits per heavy atom. The van der Waals surface area contributed by atoms with Crippen molar-refractivity contribution >= 4 is 5.97 Å². The lowest BCUT2D eigenvalue weighted by molar-refractivity contribution is -0.332. The molecule has 2 heterocycles. The second-order valence-electron chi connectivity index (χ2n) is 16.2. The van der Waals surface area contributed by atoms with Gasteiger partial charge in [0.2, 0.25) is 0 Å². The molecule has 14 heteroatoms. The largest absolute Gasteiger partial charge is 0.457 e. The molecule has 0 aliphatic carbocycles. The predicted octanol–water partition coefficient (Wildman–Crippen LogP) is 5.79. The fourth-order valence-corrected chi connectivity index (χ4v) is 6.99. The third kappa shape index (κ3) is 24.1. The van der Waals surface area contributed by atoms with Crippen LogP contribution in [-0.4, -0.2) is 142 Å². The topological polar surface area (TPSA) is 214 Å². The number of ether oxygens (including phenoxy) is 6. The first kappa shape index (κ1) is 55.8. The van der Waals surface area contributed by atoms with Crippen LogP contribution in [0.5, 0.6) is 0 Å². The Kier molecular flexibility index (Phi) is 32.4. The van der Waals surface area contributed by atoms with Crippen molar-refractivity contribution in [3.05, 3.63) is 60.8 Å². The van der Waals surface area contributed by atoms with E-state index in [0.717, 1.165) is 51.4 Å². The number of hydrogen-bond donors (Lipinski definition) is 7. The summed E-state index contributed by atoms with van der Waals surface area (Å²) in [5.74, 6) is -0.404. The molecule has 0 aromatic heterocycles. The summed E-state index contributed by atoms with van der Waals surface area (Å²) in [6, 6.07) is 0.